The predicted molar refractivity (Wildman–Crippen MR) is 231 cm³/mol. The summed E-state index contributed by atoms with van der Waals surface area (Å²) < 4.78 is 13.7. The molecule has 0 aliphatic heterocycles. The van der Waals surface area contributed by atoms with Gasteiger partial charge in [0, 0.05) is 20.9 Å². The van der Waals surface area contributed by atoms with E-state index in [0.717, 1.165) is 60.4 Å². The highest BCUT2D eigenvalue weighted by Gasteiger charge is 2.24. The lowest BCUT2D eigenvalue weighted by atomic mass is 10.0. The largest absolute Gasteiger partial charge is 0.454 e. The molecule has 0 radical (unpaired) electrons. The van der Waals surface area contributed by atoms with E-state index in [1.165, 1.54) is 0 Å². The number of benzene rings is 4. The van der Waals surface area contributed by atoms with Gasteiger partial charge >= 0.3 is 11.9 Å². The van der Waals surface area contributed by atoms with Crippen LogP contribution in [0.15, 0.2) is 141 Å². The molecule has 6 nitrogen and oxygen atoms in total. The number of fused-ring (bicyclic) bond motifs is 1. The molecule has 0 saturated carbocycles. The Bertz CT molecular complexity index is 2460. The Morgan fingerprint density at radius 3 is 1.24 bits per heavy atom. The first-order valence-corrected chi connectivity index (χ1v) is 21.3. The minimum Gasteiger partial charge on any atom is -0.454 e. The quantitative estimate of drug-likeness (QED) is 0.127. The van der Waals surface area contributed by atoms with Crippen LogP contribution in [0.25, 0.3) is 53.1 Å². The second-order valence-corrected chi connectivity index (χ2v) is 18.6. The van der Waals surface area contributed by atoms with Crippen molar-refractivity contribution in [1.82, 2.24) is 9.97 Å². The van der Waals surface area contributed by atoms with Crippen molar-refractivity contribution in [3.8, 4) is 42.0 Å². The zero-order chi connectivity index (χ0) is 38.1. The molecule has 0 aliphatic rings. The number of esters is 2. The van der Waals surface area contributed by atoms with Crippen LogP contribution in [-0.4, -0.2) is 21.9 Å². The fourth-order valence-electron chi connectivity index (χ4n) is 6.13. The molecule has 4 aromatic heterocycles. The maximum Gasteiger partial charge on any atom is 0.338 e. The number of nitrogens with zero attached hydrogens (tertiary/aromatic N) is 2. The maximum absolute atomic E-state index is 13.2. The lowest BCUT2D eigenvalue weighted by Crippen LogP contribution is -2.09. The number of hydrogen-bond acceptors (Lipinski definition) is 9. The van der Waals surface area contributed by atoms with Gasteiger partial charge in [0.2, 0.25) is 0 Å². The normalized spacial score (nSPS) is 12.4. The number of carbonyl (C=O) groups excluding carboxylic acids is 2. The summed E-state index contributed by atoms with van der Waals surface area (Å²) in [5.74, 6) is -0.826. The minimum atomic E-state index is -0.413. The van der Waals surface area contributed by atoms with Crippen LogP contribution >= 0.6 is 65.9 Å². The summed E-state index contributed by atoms with van der Waals surface area (Å²) in [5, 5.41) is 0. The van der Waals surface area contributed by atoms with Crippen LogP contribution in [-0.2, 0) is 9.47 Å². The van der Waals surface area contributed by atoms with Crippen molar-refractivity contribution < 1.29 is 19.1 Å². The van der Waals surface area contributed by atoms with Gasteiger partial charge in [0.1, 0.15) is 23.2 Å². The lowest BCUT2D eigenvalue weighted by molar-refractivity contribution is 0.0328. The standard InChI is InChI=1S/C44H30Br2N2O4S3/c1-25(27-9-5-3-6-10-27)51-43(49)31-17-13-29(14-18-31)37-38(30-15-19-32(20-16-30)44(50)52-26(2)28-11-7-4-8-12-28)48-40-39(47-37)41(33-21-23-35(45)53-33)55-42(40)34-22-24-36(46)54-34/h3-26H,1-2H3. The summed E-state index contributed by atoms with van der Waals surface area (Å²) in [6.07, 6.45) is -0.801. The van der Waals surface area contributed by atoms with Crippen LogP contribution in [0.2, 0.25) is 0 Å². The smallest absolute Gasteiger partial charge is 0.338 e. The summed E-state index contributed by atoms with van der Waals surface area (Å²) in [5.41, 5.74) is 7.12. The van der Waals surface area contributed by atoms with Crippen molar-refractivity contribution in [3.63, 3.8) is 0 Å². The molecule has 272 valence electrons. The third kappa shape index (κ3) is 7.99. The van der Waals surface area contributed by atoms with Crippen molar-refractivity contribution in [1.29, 1.82) is 0 Å². The topological polar surface area (TPSA) is 78.4 Å². The highest BCUT2D eigenvalue weighted by atomic mass is 79.9. The third-order valence-electron chi connectivity index (χ3n) is 9.02. The molecule has 2 unspecified atom stereocenters. The van der Waals surface area contributed by atoms with E-state index in [0.29, 0.717) is 22.5 Å². The highest BCUT2D eigenvalue weighted by molar-refractivity contribution is 9.11. The van der Waals surface area contributed by atoms with Crippen molar-refractivity contribution in [2.45, 2.75) is 26.1 Å². The lowest BCUT2D eigenvalue weighted by Gasteiger charge is -2.15. The van der Waals surface area contributed by atoms with E-state index in [9.17, 15) is 9.59 Å². The van der Waals surface area contributed by atoms with Gasteiger partial charge in [0.05, 0.1) is 39.8 Å². The Balaban J connectivity index is 1.20. The third-order valence-corrected chi connectivity index (χ3v) is 13.8. The van der Waals surface area contributed by atoms with Gasteiger partial charge in [-0.15, -0.1) is 34.0 Å². The van der Waals surface area contributed by atoms with Crippen LogP contribution < -0.4 is 0 Å². The van der Waals surface area contributed by atoms with Crippen LogP contribution in [0, 0.1) is 0 Å². The molecule has 11 heteroatoms. The average molecular weight is 907 g/mol. The van der Waals surface area contributed by atoms with Crippen molar-refractivity contribution in [3.05, 3.63) is 163 Å². The monoisotopic (exact) mass is 904 g/mol. The summed E-state index contributed by atoms with van der Waals surface area (Å²) in [4.78, 5) is 41.4. The van der Waals surface area contributed by atoms with Crippen molar-refractivity contribution >= 4 is 88.8 Å². The minimum absolute atomic E-state index is 0.400. The van der Waals surface area contributed by atoms with E-state index in [2.05, 4.69) is 44.0 Å². The van der Waals surface area contributed by atoms with Crippen molar-refractivity contribution in [2.24, 2.45) is 0 Å². The van der Waals surface area contributed by atoms with Gasteiger partial charge in [0.25, 0.3) is 0 Å². The van der Waals surface area contributed by atoms with Crippen molar-refractivity contribution in [2.75, 3.05) is 0 Å². The highest BCUT2D eigenvalue weighted by Crippen LogP contribution is 2.48. The van der Waals surface area contributed by atoms with Gasteiger partial charge in [-0.1, -0.05) is 84.9 Å². The number of aromatic nitrogens is 2. The van der Waals surface area contributed by atoms with E-state index in [4.69, 9.17) is 19.4 Å². The predicted octanol–water partition coefficient (Wildman–Crippen LogP) is 13.8. The molecule has 8 rings (SSSR count). The Hall–Kier alpha value is -4.78. The van der Waals surface area contributed by atoms with Gasteiger partial charge in [-0.05, 0) is 105 Å². The molecular formula is C44H30Br2N2O4S3. The van der Waals surface area contributed by atoms with Gasteiger partial charge in [-0.2, -0.15) is 0 Å². The molecular weight excluding hydrogens is 877 g/mol. The van der Waals surface area contributed by atoms with Crippen LogP contribution in [0.1, 0.15) is 57.9 Å². The summed E-state index contributed by atoms with van der Waals surface area (Å²) >= 11 is 12.2. The van der Waals surface area contributed by atoms with Crippen LogP contribution in [0.4, 0.5) is 0 Å². The molecule has 4 aromatic carbocycles. The van der Waals surface area contributed by atoms with Gasteiger partial charge in [0.15, 0.2) is 0 Å². The van der Waals surface area contributed by atoms with E-state index in [1.807, 2.05) is 111 Å². The fraction of sp³-hybridized carbons (Fsp3) is 0.0909. The van der Waals surface area contributed by atoms with E-state index < -0.39 is 24.1 Å². The second kappa shape index (κ2) is 16.1. The number of rotatable bonds is 10. The first-order valence-electron chi connectivity index (χ1n) is 17.3. The molecule has 0 saturated heterocycles. The number of halogens is 2. The van der Waals surface area contributed by atoms with E-state index >= 15 is 0 Å². The zero-order valence-corrected chi connectivity index (χ0v) is 35.0. The number of ether oxygens (including phenoxy) is 2. The summed E-state index contributed by atoms with van der Waals surface area (Å²) in [6.45, 7) is 3.72. The molecule has 0 fully saturated rings. The maximum atomic E-state index is 13.2. The molecule has 0 spiro atoms. The SMILES string of the molecule is CC(OC(=O)c1ccc(-c2nc3c(-c4ccc(Br)s4)sc(-c4ccc(Br)s4)c3nc2-c2ccc(C(=O)OC(C)c3ccccc3)cc2)cc1)c1ccccc1. The second-order valence-electron chi connectivity index (χ2n) is 12.7. The first-order chi connectivity index (χ1) is 26.7. The van der Waals surface area contributed by atoms with Gasteiger partial charge in [-0.3, -0.25) is 0 Å². The fourth-order valence-corrected chi connectivity index (χ4v) is 10.3. The molecule has 0 aliphatic carbocycles. The Morgan fingerprint density at radius 1 is 0.509 bits per heavy atom. The van der Waals surface area contributed by atoms with E-state index in [-0.39, 0.29) is 0 Å². The average Bonchev–Trinajstić information content (AvgIpc) is 3.95. The number of hydrogen-bond donors (Lipinski definition) is 0. The Labute approximate surface area is 346 Å². The van der Waals surface area contributed by atoms with Gasteiger partial charge in [-0.25, -0.2) is 19.6 Å². The number of thiophene rings is 3. The Kier molecular flexibility index (Phi) is 10.9. The summed E-state index contributed by atoms with van der Waals surface area (Å²) in [6, 6.07) is 42.2. The molecule has 8 aromatic rings. The first kappa shape index (κ1) is 37.2. The number of carbonyl (C=O) groups is 2. The van der Waals surface area contributed by atoms with Crippen LogP contribution in [0.3, 0.4) is 0 Å². The van der Waals surface area contributed by atoms with Gasteiger partial charge < -0.3 is 9.47 Å². The molecule has 0 N–H and O–H groups in total. The molecule has 0 amide bonds. The van der Waals surface area contributed by atoms with Crippen LogP contribution in [0.5, 0.6) is 0 Å². The Morgan fingerprint density at radius 2 is 0.891 bits per heavy atom. The zero-order valence-electron chi connectivity index (χ0n) is 29.4. The molecule has 0 bridgehead atoms. The molecule has 2 atom stereocenters. The molecule has 4 heterocycles. The summed E-state index contributed by atoms with van der Waals surface area (Å²) in [7, 11) is 0. The van der Waals surface area contributed by atoms with E-state index in [1.54, 1.807) is 58.3 Å². The molecule has 55 heavy (non-hydrogen) atoms.